The van der Waals surface area contributed by atoms with Gasteiger partial charge in [0.05, 0.1) is 0 Å². The van der Waals surface area contributed by atoms with Gasteiger partial charge in [0.25, 0.3) is 0 Å². The van der Waals surface area contributed by atoms with Crippen LogP contribution in [0, 0.1) is 0 Å². The van der Waals surface area contributed by atoms with Gasteiger partial charge in [-0.3, -0.25) is 0 Å². The molecule has 0 aliphatic heterocycles. The lowest BCUT2D eigenvalue weighted by Crippen LogP contribution is -2.09. The minimum Gasteiger partial charge on any atom is -0.0960 e. The van der Waals surface area contributed by atoms with Crippen molar-refractivity contribution in [2.45, 2.75) is 52.6 Å². The van der Waals surface area contributed by atoms with E-state index in [1.165, 1.54) is 31.8 Å². The van der Waals surface area contributed by atoms with E-state index in [0.29, 0.717) is 0 Å². The van der Waals surface area contributed by atoms with E-state index in [1.807, 2.05) is 0 Å². The second-order valence-corrected chi connectivity index (χ2v) is 3.25. The van der Waals surface area contributed by atoms with E-state index in [0.717, 1.165) is 6.71 Å². The number of hydrogen-bond donors (Lipinski definition) is 0. The van der Waals surface area contributed by atoms with Crippen LogP contribution in [0.15, 0.2) is 12.2 Å². The Kier molecular flexibility index (Phi) is 7.77. The fourth-order valence-corrected chi connectivity index (χ4v) is 1.53. The maximum absolute atomic E-state index is 2.30. The molecule has 0 fully saturated rings. The quantitative estimate of drug-likeness (QED) is 0.400. The van der Waals surface area contributed by atoms with Gasteiger partial charge in [-0.2, -0.15) is 0 Å². The number of allylic oxidation sites excluding steroid dienone is 2. The summed E-state index contributed by atoms with van der Waals surface area (Å²) in [4.78, 5) is 0. The van der Waals surface area contributed by atoms with Crippen LogP contribution in [0.25, 0.3) is 0 Å². The predicted molar refractivity (Wildman–Crippen MR) is 55.6 cm³/mol. The lowest BCUT2D eigenvalue weighted by Gasteiger charge is -2.07. The zero-order chi connectivity index (χ0) is 8.53. The lowest BCUT2D eigenvalue weighted by molar-refractivity contribution is 0.999. The van der Waals surface area contributed by atoms with Crippen molar-refractivity contribution >= 4 is 6.71 Å². The minimum atomic E-state index is 0.946. The second-order valence-electron chi connectivity index (χ2n) is 3.25. The van der Waals surface area contributed by atoms with Crippen molar-refractivity contribution in [3.8, 4) is 0 Å². The van der Waals surface area contributed by atoms with E-state index in [1.54, 1.807) is 0 Å². The third kappa shape index (κ3) is 6.21. The molecule has 64 valence electrons. The summed E-state index contributed by atoms with van der Waals surface area (Å²) >= 11 is 0. The largest absolute Gasteiger partial charge is 0.143 e. The third-order valence-electron chi connectivity index (χ3n) is 2.10. The van der Waals surface area contributed by atoms with Crippen LogP contribution in [0.2, 0.25) is 19.0 Å². The summed E-state index contributed by atoms with van der Waals surface area (Å²) in [6, 6.07) is 0. The highest BCUT2D eigenvalue weighted by atomic mass is 13.8. The monoisotopic (exact) mass is 152 g/mol. The van der Waals surface area contributed by atoms with Crippen molar-refractivity contribution in [2.75, 3.05) is 0 Å². The van der Waals surface area contributed by atoms with E-state index in [-0.39, 0.29) is 0 Å². The Morgan fingerprint density at radius 1 is 1.09 bits per heavy atom. The molecule has 0 atom stereocenters. The molecule has 0 saturated heterocycles. The number of rotatable bonds is 6. The van der Waals surface area contributed by atoms with Crippen molar-refractivity contribution in [3.63, 3.8) is 0 Å². The van der Waals surface area contributed by atoms with E-state index < -0.39 is 0 Å². The van der Waals surface area contributed by atoms with E-state index in [9.17, 15) is 0 Å². The average Bonchev–Trinajstić information content (AvgIpc) is 2.01. The van der Waals surface area contributed by atoms with Crippen LogP contribution in [0.1, 0.15) is 33.6 Å². The molecular weight excluding hydrogens is 131 g/mol. The molecule has 0 spiro atoms. The molecule has 1 heteroatoms. The summed E-state index contributed by atoms with van der Waals surface area (Å²) < 4.78 is 0. The molecule has 0 aliphatic carbocycles. The Morgan fingerprint density at radius 2 is 1.64 bits per heavy atom. The summed E-state index contributed by atoms with van der Waals surface area (Å²) in [5.74, 6) is 0. The molecule has 0 bridgehead atoms. The summed E-state index contributed by atoms with van der Waals surface area (Å²) in [6.45, 7) is 7.60. The molecule has 0 aromatic heterocycles. The van der Waals surface area contributed by atoms with Crippen molar-refractivity contribution in [1.82, 2.24) is 0 Å². The normalized spacial score (nSPS) is 10.8. The maximum atomic E-state index is 2.30. The Morgan fingerprint density at radius 3 is 2.00 bits per heavy atom. The molecule has 0 radical (unpaired) electrons. The zero-order valence-electron chi connectivity index (χ0n) is 8.27. The first-order valence-electron chi connectivity index (χ1n) is 4.96. The van der Waals surface area contributed by atoms with Crippen molar-refractivity contribution in [1.29, 1.82) is 0 Å². The van der Waals surface area contributed by atoms with Gasteiger partial charge in [-0.15, -0.1) is 0 Å². The minimum absolute atomic E-state index is 0.946. The third-order valence-corrected chi connectivity index (χ3v) is 2.10. The van der Waals surface area contributed by atoms with Crippen molar-refractivity contribution < 1.29 is 0 Å². The molecular formula is C10H21B. The van der Waals surface area contributed by atoms with E-state index in [4.69, 9.17) is 0 Å². The molecule has 0 saturated carbocycles. The molecule has 0 aromatic rings. The van der Waals surface area contributed by atoms with Crippen LogP contribution in [0.5, 0.6) is 0 Å². The molecule has 0 aromatic carbocycles. The first-order chi connectivity index (χ1) is 5.35. The van der Waals surface area contributed by atoms with Gasteiger partial charge in [0.2, 0.25) is 0 Å². The Bertz CT molecular complexity index is 91.0. The highest BCUT2D eigenvalue weighted by Gasteiger charge is 2.07. The molecule has 0 amide bonds. The Balaban J connectivity index is 3.50. The summed E-state index contributed by atoms with van der Waals surface area (Å²) in [6.07, 6.45) is 11.2. The summed E-state index contributed by atoms with van der Waals surface area (Å²) in [5.41, 5.74) is 0. The lowest BCUT2D eigenvalue weighted by atomic mass is 9.42. The smallest absolute Gasteiger partial charge is 0.0960 e. The first kappa shape index (κ1) is 10.8. The van der Waals surface area contributed by atoms with Crippen LogP contribution in [0.3, 0.4) is 0 Å². The van der Waals surface area contributed by atoms with E-state index >= 15 is 0 Å². The molecule has 11 heavy (non-hydrogen) atoms. The summed E-state index contributed by atoms with van der Waals surface area (Å²) in [5, 5.41) is 0. The van der Waals surface area contributed by atoms with Crippen LogP contribution in [0.4, 0.5) is 0 Å². The Labute approximate surface area is 72.2 Å². The van der Waals surface area contributed by atoms with Crippen molar-refractivity contribution in [2.24, 2.45) is 0 Å². The molecule has 0 unspecified atom stereocenters. The van der Waals surface area contributed by atoms with Crippen LogP contribution >= 0.6 is 0 Å². The van der Waals surface area contributed by atoms with E-state index in [2.05, 4.69) is 32.9 Å². The van der Waals surface area contributed by atoms with Crippen LogP contribution in [-0.4, -0.2) is 6.71 Å². The van der Waals surface area contributed by atoms with Gasteiger partial charge >= 0.3 is 0 Å². The van der Waals surface area contributed by atoms with Crippen molar-refractivity contribution in [3.05, 3.63) is 12.2 Å². The topological polar surface area (TPSA) is 0 Å². The van der Waals surface area contributed by atoms with Gasteiger partial charge in [-0.1, -0.05) is 57.8 Å². The standard InChI is InChI=1S/C10H21B/c1-4-7-10-11(8-5-2)9-6-3/h4,7H,5-6,8-10H2,1-3H3. The maximum Gasteiger partial charge on any atom is 0.143 e. The highest BCUT2D eigenvalue weighted by Crippen LogP contribution is 2.10. The fraction of sp³-hybridized carbons (Fsp3) is 0.800. The van der Waals surface area contributed by atoms with Gasteiger partial charge in [0.15, 0.2) is 0 Å². The van der Waals surface area contributed by atoms with Gasteiger partial charge in [0, 0.05) is 0 Å². The first-order valence-corrected chi connectivity index (χ1v) is 4.96. The molecule has 0 N–H and O–H groups in total. The van der Waals surface area contributed by atoms with Crippen LogP contribution in [-0.2, 0) is 0 Å². The Hall–Kier alpha value is -0.195. The second kappa shape index (κ2) is 7.91. The van der Waals surface area contributed by atoms with Gasteiger partial charge in [0.1, 0.15) is 6.71 Å². The molecule has 0 aliphatic rings. The molecule has 0 nitrogen and oxygen atoms in total. The summed E-state index contributed by atoms with van der Waals surface area (Å²) in [7, 11) is 0. The zero-order valence-corrected chi connectivity index (χ0v) is 8.27. The SMILES string of the molecule is CC=CCB(CCC)CCC. The van der Waals surface area contributed by atoms with Crippen LogP contribution < -0.4 is 0 Å². The number of hydrogen-bond acceptors (Lipinski definition) is 0. The molecule has 0 rings (SSSR count). The van der Waals surface area contributed by atoms with Gasteiger partial charge in [-0.05, 0) is 6.92 Å². The molecule has 0 heterocycles. The fourth-order valence-electron chi connectivity index (χ4n) is 1.53. The van der Waals surface area contributed by atoms with Gasteiger partial charge < -0.3 is 0 Å². The predicted octanol–water partition coefficient (Wildman–Crippen LogP) is 3.88. The average molecular weight is 152 g/mol. The highest BCUT2D eigenvalue weighted by molar-refractivity contribution is 6.59. The van der Waals surface area contributed by atoms with Gasteiger partial charge in [-0.25, -0.2) is 0 Å².